The van der Waals surface area contributed by atoms with E-state index in [-0.39, 0.29) is 15.8 Å². The fraction of sp³-hybridized carbons (Fsp3) is 0.150. The number of nitrogens with zero attached hydrogens (tertiary/aromatic N) is 2. The Kier molecular flexibility index (Phi) is 6.80. The van der Waals surface area contributed by atoms with Crippen LogP contribution in [0.4, 0.5) is 10.8 Å². The predicted molar refractivity (Wildman–Crippen MR) is 117 cm³/mol. The van der Waals surface area contributed by atoms with Gasteiger partial charge >= 0.3 is 0 Å². The van der Waals surface area contributed by atoms with Gasteiger partial charge in [-0.2, -0.15) is 0 Å². The Hall–Kier alpha value is -3.24. The normalized spacial score (nSPS) is 11.4. The molecular formula is C20H20N4O4S2. The molecule has 0 aliphatic carbocycles. The number of benzene rings is 2. The third kappa shape index (κ3) is 5.43. The Morgan fingerprint density at radius 2 is 1.93 bits per heavy atom. The fourth-order valence-corrected chi connectivity index (χ4v) is 4.34. The van der Waals surface area contributed by atoms with Crippen molar-refractivity contribution in [3.63, 3.8) is 0 Å². The average molecular weight is 445 g/mol. The number of ketones is 1. The first-order chi connectivity index (χ1) is 14.4. The lowest BCUT2D eigenvalue weighted by molar-refractivity contribution is 0.104. The van der Waals surface area contributed by atoms with Crippen LogP contribution in [-0.2, 0) is 16.4 Å². The number of allylic oxidation sites excluding steroid dienone is 1. The summed E-state index contributed by atoms with van der Waals surface area (Å²) < 4.78 is 32.5. The number of rotatable bonds is 9. The third-order valence-corrected chi connectivity index (χ3v) is 6.46. The Balaban J connectivity index is 1.62. The molecule has 2 aromatic carbocycles. The van der Waals surface area contributed by atoms with Gasteiger partial charge in [0.05, 0.1) is 12.0 Å². The summed E-state index contributed by atoms with van der Waals surface area (Å²) >= 11 is 1.20. The van der Waals surface area contributed by atoms with Gasteiger partial charge in [0.2, 0.25) is 5.13 Å². The highest BCUT2D eigenvalue weighted by Gasteiger charge is 2.16. The molecule has 0 bridgehead atoms. The van der Waals surface area contributed by atoms with Gasteiger partial charge in [-0.25, -0.2) is 8.42 Å². The Morgan fingerprint density at radius 1 is 1.17 bits per heavy atom. The van der Waals surface area contributed by atoms with E-state index in [4.69, 9.17) is 4.74 Å². The van der Waals surface area contributed by atoms with Crippen LogP contribution in [0.1, 0.15) is 22.3 Å². The van der Waals surface area contributed by atoms with Crippen molar-refractivity contribution in [2.24, 2.45) is 0 Å². The molecule has 0 saturated heterocycles. The van der Waals surface area contributed by atoms with Gasteiger partial charge in [0, 0.05) is 23.5 Å². The topological polar surface area (TPSA) is 110 Å². The maximum atomic E-state index is 12.5. The van der Waals surface area contributed by atoms with E-state index in [1.165, 1.54) is 42.9 Å². The van der Waals surface area contributed by atoms with E-state index in [0.29, 0.717) is 23.4 Å². The molecule has 0 aliphatic heterocycles. The van der Waals surface area contributed by atoms with Crippen LogP contribution in [0.15, 0.2) is 65.7 Å². The van der Waals surface area contributed by atoms with E-state index in [1.54, 1.807) is 36.4 Å². The molecule has 3 aromatic rings. The summed E-state index contributed by atoms with van der Waals surface area (Å²) in [5, 5.41) is 11.6. The monoisotopic (exact) mass is 444 g/mol. The zero-order valence-corrected chi connectivity index (χ0v) is 18.0. The molecule has 1 aromatic heterocycles. The van der Waals surface area contributed by atoms with Crippen LogP contribution < -0.4 is 14.8 Å². The van der Waals surface area contributed by atoms with Crippen LogP contribution in [0.5, 0.6) is 5.75 Å². The van der Waals surface area contributed by atoms with E-state index < -0.39 is 10.0 Å². The first-order valence-corrected chi connectivity index (χ1v) is 11.3. The van der Waals surface area contributed by atoms with Gasteiger partial charge in [0.15, 0.2) is 5.78 Å². The number of aromatic nitrogens is 2. The second-order valence-corrected chi connectivity index (χ2v) is 8.80. The van der Waals surface area contributed by atoms with Crippen LogP contribution in [0.25, 0.3) is 0 Å². The largest absolute Gasteiger partial charge is 0.497 e. The Labute approximate surface area is 178 Å². The molecule has 10 heteroatoms. The number of aryl methyl sites for hydroxylation is 1. The van der Waals surface area contributed by atoms with E-state index >= 15 is 0 Å². The molecule has 0 amide bonds. The van der Waals surface area contributed by atoms with Crippen molar-refractivity contribution in [2.75, 3.05) is 17.1 Å². The van der Waals surface area contributed by atoms with Crippen molar-refractivity contribution < 1.29 is 17.9 Å². The van der Waals surface area contributed by atoms with Gasteiger partial charge in [0.25, 0.3) is 10.0 Å². The minimum Gasteiger partial charge on any atom is -0.497 e. The number of hydrogen-bond donors (Lipinski definition) is 2. The molecule has 0 unspecified atom stereocenters. The van der Waals surface area contributed by atoms with Crippen molar-refractivity contribution in [3.05, 3.63) is 71.4 Å². The average Bonchev–Trinajstić information content (AvgIpc) is 3.21. The van der Waals surface area contributed by atoms with Crippen LogP contribution in [0.3, 0.4) is 0 Å². The first kappa shape index (κ1) is 21.5. The summed E-state index contributed by atoms with van der Waals surface area (Å²) in [6, 6.07) is 13.0. The van der Waals surface area contributed by atoms with Gasteiger partial charge in [-0.3, -0.25) is 9.52 Å². The van der Waals surface area contributed by atoms with E-state index in [1.807, 2.05) is 6.92 Å². The third-order valence-electron chi connectivity index (χ3n) is 3.99. The molecule has 0 radical (unpaired) electrons. The molecule has 30 heavy (non-hydrogen) atoms. The fourth-order valence-electron chi connectivity index (χ4n) is 2.43. The quantitative estimate of drug-likeness (QED) is 0.382. The molecule has 3 rings (SSSR count). The summed E-state index contributed by atoms with van der Waals surface area (Å²) in [5.74, 6) is 0.417. The van der Waals surface area contributed by atoms with Gasteiger partial charge in [-0.1, -0.05) is 30.4 Å². The van der Waals surface area contributed by atoms with Crippen molar-refractivity contribution in [2.45, 2.75) is 18.2 Å². The van der Waals surface area contributed by atoms with Gasteiger partial charge in [-0.15, -0.1) is 10.2 Å². The summed E-state index contributed by atoms with van der Waals surface area (Å²) in [4.78, 5) is 12.3. The second-order valence-electron chi connectivity index (χ2n) is 6.06. The maximum absolute atomic E-state index is 12.5. The van der Waals surface area contributed by atoms with Gasteiger partial charge in [-0.05, 0) is 42.8 Å². The Bertz CT molecular complexity index is 1160. The highest BCUT2D eigenvalue weighted by molar-refractivity contribution is 7.93. The van der Waals surface area contributed by atoms with Crippen molar-refractivity contribution in [3.8, 4) is 5.75 Å². The van der Waals surface area contributed by atoms with Gasteiger partial charge in [0.1, 0.15) is 10.8 Å². The van der Waals surface area contributed by atoms with Crippen molar-refractivity contribution in [1.82, 2.24) is 10.2 Å². The summed E-state index contributed by atoms with van der Waals surface area (Å²) in [5.41, 5.74) is 1.13. The summed E-state index contributed by atoms with van der Waals surface area (Å²) in [6.45, 7) is 1.92. The molecule has 0 aliphatic rings. The molecule has 0 fully saturated rings. The number of hydrogen-bond acceptors (Lipinski definition) is 8. The second kappa shape index (κ2) is 9.51. The van der Waals surface area contributed by atoms with Crippen molar-refractivity contribution in [1.29, 1.82) is 0 Å². The lowest BCUT2D eigenvalue weighted by atomic mass is 10.1. The van der Waals surface area contributed by atoms with E-state index in [2.05, 4.69) is 20.2 Å². The highest BCUT2D eigenvalue weighted by atomic mass is 32.2. The number of anilines is 2. The number of sulfonamides is 1. The van der Waals surface area contributed by atoms with E-state index in [9.17, 15) is 13.2 Å². The lowest BCUT2D eigenvalue weighted by Gasteiger charge is -2.06. The summed E-state index contributed by atoms with van der Waals surface area (Å²) in [7, 11) is -2.22. The molecule has 0 saturated carbocycles. The minimum atomic E-state index is -3.76. The number of carbonyl (C=O) groups is 1. The van der Waals surface area contributed by atoms with Crippen LogP contribution in [0, 0.1) is 0 Å². The molecule has 0 spiro atoms. The number of nitrogens with one attached hydrogen (secondary N) is 2. The van der Waals surface area contributed by atoms with Crippen LogP contribution in [0.2, 0.25) is 0 Å². The molecule has 2 N–H and O–H groups in total. The van der Waals surface area contributed by atoms with Crippen LogP contribution >= 0.6 is 11.3 Å². The number of ether oxygens (including phenoxy) is 1. The smallest absolute Gasteiger partial charge is 0.263 e. The SMILES string of the molecule is CCc1nnc(NS(=O)(=O)c2ccc(NC=CC(=O)c3cccc(OC)c3)cc2)s1. The first-order valence-electron chi connectivity index (χ1n) is 8.98. The predicted octanol–water partition coefficient (Wildman–Crippen LogP) is 3.72. The highest BCUT2D eigenvalue weighted by Crippen LogP contribution is 2.21. The Morgan fingerprint density at radius 3 is 2.60 bits per heavy atom. The molecule has 0 atom stereocenters. The lowest BCUT2D eigenvalue weighted by Crippen LogP contribution is -2.12. The maximum Gasteiger partial charge on any atom is 0.263 e. The zero-order valence-electron chi connectivity index (χ0n) is 16.3. The standard InChI is InChI=1S/C20H20N4O4S2/c1-3-19-22-23-20(29-19)24-30(26,27)17-9-7-15(8-10-17)21-12-11-18(25)14-5-4-6-16(13-14)28-2/h4-13,21H,3H2,1-2H3,(H,23,24). The zero-order chi connectivity index (χ0) is 21.6. The minimum absolute atomic E-state index is 0.0951. The molecule has 156 valence electrons. The molecule has 8 nitrogen and oxygen atoms in total. The van der Waals surface area contributed by atoms with Crippen LogP contribution in [-0.4, -0.2) is 31.5 Å². The number of carbonyl (C=O) groups excluding carboxylic acids is 1. The van der Waals surface area contributed by atoms with Gasteiger partial charge < -0.3 is 10.1 Å². The number of methoxy groups -OCH3 is 1. The molecule has 1 heterocycles. The van der Waals surface area contributed by atoms with E-state index in [0.717, 1.165) is 5.01 Å². The summed E-state index contributed by atoms with van der Waals surface area (Å²) in [6.07, 6.45) is 3.58. The molecular weight excluding hydrogens is 424 g/mol. The van der Waals surface area contributed by atoms with Crippen molar-refractivity contribution >= 4 is 38.0 Å².